The molecule has 0 fully saturated rings. The summed E-state index contributed by atoms with van der Waals surface area (Å²) in [4.78, 5) is 16.6. The summed E-state index contributed by atoms with van der Waals surface area (Å²) in [5, 5.41) is 12.4. The van der Waals surface area contributed by atoms with Crippen LogP contribution in [0.4, 0.5) is 0 Å². The Balaban J connectivity index is 2.11. The number of hydrogen-bond acceptors (Lipinski definition) is 3. The Kier molecular flexibility index (Phi) is 4.32. The summed E-state index contributed by atoms with van der Waals surface area (Å²) in [6, 6.07) is 3.86. The molecule has 1 unspecified atom stereocenters. The van der Waals surface area contributed by atoms with Crippen LogP contribution in [0, 0.1) is 12.3 Å². The first-order chi connectivity index (χ1) is 9.78. The van der Waals surface area contributed by atoms with Gasteiger partial charge in [0.15, 0.2) is 0 Å². The first-order valence-electron chi connectivity index (χ1n) is 7.18. The molecular formula is C16H23N3O2. The van der Waals surface area contributed by atoms with Gasteiger partial charge in [-0.05, 0) is 37.3 Å². The van der Waals surface area contributed by atoms with E-state index in [9.17, 15) is 9.90 Å². The molecule has 0 aliphatic heterocycles. The molecule has 2 rings (SSSR count). The number of amides is 1. The number of carbonyl (C=O) groups is 1. The lowest BCUT2D eigenvalue weighted by atomic mass is 9.87. The molecule has 5 heteroatoms. The fraction of sp³-hybridized carbons (Fsp3) is 0.500. The number of rotatable bonds is 5. The highest BCUT2D eigenvalue weighted by Gasteiger charge is 2.22. The first kappa shape index (κ1) is 15.5. The second kappa shape index (κ2) is 5.85. The summed E-state index contributed by atoms with van der Waals surface area (Å²) < 4.78 is 1.80. The molecule has 0 aromatic carbocycles. The predicted molar refractivity (Wildman–Crippen MR) is 82.3 cm³/mol. The average Bonchev–Trinajstić information content (AvgIpc) is 2.77. The van der Waals surface area contributed by atoms with Gasteiger partial charge >= 0.3 is 0 Å². The number of aromatic nitrogens is 2. The van der Waals surface area contributed by atoms with E-state index in [4.69, 9.17) is 0 Å². The molecule has 1 amide bonds. The molecule has 0 spiro atoms. The number of aryl methyl sites for hydroxylation is 1. The van der Waals surface area contributed by atoms with Gasteiger partial charge in [0, 0.05) is 12.7 Å². The SMILES string of the molecule is Cc1ccc2ncc(C(=O)NCC(C)(C)CC(C)O)n2c1. The Morgan fingerprint density at radius 3 is 2.86 bits per heavy atom. The number of aliphatic hydroxyl groups is 1. The van der Waals surface area contributed by atoms with Gasteiger partial charge in [-0.3, -0.25) is 9.20 Å². The summed E-state index contributed by atoms with van der Waals surface area (Å²) in [5.74, 6) is -0.147. The Labute approximate surface area is 125 Å². The number of pyridine rings is 1. The van der Waals surface area contributed by atoms with Crippen LogP contribution in [0.25, 0.3) is 5.65 Å². The molecule has 0 saturated carbocycles. The van der Waals surface area contributed by atoms with Crippen molar-refractivity contribution in [2.24, 2.45) is 5.41 Å². The molecule has 5 nitrogen and oxygen atoms in total. The highest BCUT2D eigenvalue weighted by atomic mass is 16.3. The molecule has 114 valence electrons. The number of imidazole rings is 1. The zero-order chi connectivity index (χ0) is 15.6. The van der Waals surface area contributed by atoms with Gasteiger partial charge in [-0.1, -0.05) is 19.9 Å². The quantitative estimate of drug-likeness (QED) is 0.886. The lowest BCUT2D eigenvalue weighted by molar-refractivity contribution is 0.0896. The van der Waals surface area contributed by atoms with Gasteiger partial charge in [0.05, 0.1) is 12.3 Å². The maximum atomic E-state index is 12.3. The van der Waals surface area contributed by atoms with E-state index < -0.39 is 0 Å². The minimum atomic E-state index is -0.379. The van der Waals surface area contributed by atoms with Crippen molar-refractivity contribution in [2.45, 2.75) is 40.2 Å². The molecule has 0 aliphatic carbocycles. The summed E-state index contributed by atoms with van der Waals surface area (Å²) in [7, 11) is 0. The monoisotopic (exact) mass is 289 g/mol. The summed E-state index contributed by atoms with van der Waals surface area (Å²) >= 11 is 0. The Bertz CT molecular complexity index is 644. The Hall–Kier alpha value is -1.88. The fourth-order valence-electron chi connectivity index (χ4n) is 2.54. The number of fused-ring (bicyclic) bond motifs is 1. The van der Waals surface area contributed by atoms with E-state index in [1.165, 1.54) is 0 Å². The highest BCUT2D eigenvalue weighted by Crippen LogP contribution is 2.21. The van der Waals surface area contributed by atoms with Crippen molar-refractivity contribution in [3.63, 3.8) is 0 Å². The van der Waals surface area contributed by atoms with Crippen LogP contribution in [-0.4, -0.2) is 33.0 Å². The normalized spacial score (nSPS) is 13.4. The van der Waals surface area contributed by atoms with Gasteiger partial charge in [-0.15, -0.1) is 0 Å². The number of carbonyl (C=O) groups excluding carboxylic acids is 1. The van der Waals surface area contributed by atoms with Gasteiger partial charge < -0.3 is 10.4 Å². The molecule has 2 N–H and O–H groups in total. The van der Waals surface area contributed by atoms with E-state index in [0.717, 1.165) is 11.2 Å². The zero-order valence-electron chi connectivity index (χ0n) is 13.1. The molecule has 0 radical (unpaired) electrons. The zero-order valence-corrected chi connectivity index (χ0v) is 13.1. The van der Waals surface area contributed by atoms with Crippen molar-refractivity contribution >= 4 is 11.6 Å². The first-order valence-corrected chi connectivity index (χ1v) is 7.18. The molecule has 2 aromatic rings. The minimum absolute atomic E-state index is 0.147. The van der Waals surface area contributed by atoms with Crippen molar-refractivity contribution in [1.29, 1.82) is 0 Å². The van der Waals surface area contributed by atoms with Crippen molar-refractivity contribution in [3.05, 3.63) is 35.8 Å². The molecule has 0 saturated heterocycles. The van der Waals surface area contributed by atoms with Gasteiger partial charge in [0.2, 0.25) is 0 Å². The lowest BCUT2D eigenvalue weighted by Gasteiger charge is -2.26. The number of hydrogen-bond donors (Lipinski definition) is 2. The standard InChI is InChI=1S/C16H23N3O2/c1-11-5-6-14-17-8-13(19(14)9-11)15(21)18-10-16(3,4)7-12(2)20/h5-6,8-9,12,20H,7,10H2,1-4H3,(H,18,21). The van der Waals surface area contributed by atoms with Crippen LogP contribution in [0.1, 0.15) is 43.2 Å². The van der Waals surface area contributed by atoms with Crippen LogP contribution in [0.5, 0.6) is 0 Å². The largest absolute Gasteiger partial charge is 0.393 e. The Morgan fingerprint density at radius 2 is 2.19 bits per heavy atom. The van der Waals surface area contributed by atoms with Crippen molar-refractivity contribution in [2.75, 3.05) is 6.54 Å². The van der Waals surface area contributed by atoms with Gasteiger partial charge in [-0.25, -0.2) is 4.98 Å². The second-order valence-electron chi connectivity index (χ2n) is 6.48. The van der Waals surface area contributed by atoms with Crippen LogP contribution in [0.2, 0.25) is 0 Å². The molecule has 21 heavy (non-hydrogen) atoms. The van der Waals surface area contributed by atoms with Crippen molar-refractivity contribution in [3.8, 4) is 0 Å². The lowest BCUT2D eigenvalue weighted by Crippen LogP contribution is -2.36. The van der Waals surface area contributed by atoms with Gasteiger partial charge in [-0.2, -0.15) is 0 Å². The third-order valence-electron chi connectivity index (χ3n) is 3.46. The van der Waals surface area contributed by atoms with E-state index in [-0.39, 0.29) is 17.4 Å². The minimum Gasteiger partial charge on any atom is -0.393 e. The van der Waals surface area contributed by atoms with Crippen molar-refractivity contribution < 1.29 is 9.90 Å². The smallest absolute Gasteiger partial charge is 0.269 e. The molecule has 2 aromatic heterocycles. The molecule has 1 atom stereocenters. The van der Waals surface area contributed by atoms with E-state index in [2.05, 4.69) is 10.3 Å². The second-order valence-corrected chi connectivity index (χ2v) is 6.48. The molecule has 0 aliphatic rings. The van der Waals surface area contributed by atoms with E-state index in [1.807, 2.05) is 39.1 Å². The van der Waals surface area contributed by atoms with E-state index in [0.29, 0.717) is 18.7 Å². The molecule has 2 heterocycles. The van der Waals surface area contributed by atoms with Crippen LogP contribution in [-0.2, 0) is 0 Å². The summed E-state index contributed by atoms with van der Waals surface area (Å²) in [5.41, 5.74) is 2.21. The van der Waals surface area contributed by atoms with Crippen LogP contribution < -0.4 is 5.32 Å². The van der Waals surface area contributed by atoms with Gasteiger partial charge in [0.25, 0.3) is 5.91 Å². The van der Waals surface area contributed by atoms with Crippen LogP contribution in [0.15, 0.2) is 24.5 Å². The van der Waals surface area contributed by atoms with Crippen LogP contribution in [0.3, 0.4) is 0 Å². The fourth-order valence-corrected chi connectivity index (χ4v) is 2.54. The Morgan fingerprint density at radius 1 is 1.48 bits per heavy atom. The topological polar surface area (TPSA) is 66.6 Å². The third kappa shape index (κ3) is 3.82. The predicted octanol–water partition coefficient (Wildman–Crippen LogP) is 2.17. The highest BCUT2D eigenvalue weighted by molar-refractivity contribution is 5.93. The number of nitrogens with one attached hydrogen (secondary N) is 1. The number of nitrogens with zero attached hydrogens (tertiary/aromatic N) is 2. The van der Waals surface area contributed by atoms with E-state index in [1.54, 1.807) is 17.5 Å². The average molecular weight is 289 g/mol. The maximum absolute atomic E-state index is 12.3. The molecule has 0 bridgehead atoms. The van der Waals surface area contributed by atoms with Crippen LogP contribution >= 0.6 is 0 Å². The number of aliphatic hydroxyl groups excluding tert-OH is 1. The van der Waals surface area contributed by atoms with Gasteiger partial charge in [0.1, 0.15) is 11.3 Å². The summed E-state index contributed by atoms with van der Waals surface area (Å²) in [6.45, 7) is 8.30. The summed E-state index contributed by atoms with van der Waals surface area (Å²) in [6.07, 6.45) is 3.75. The third-order valence-corrected chi connectivity index (χ3v) is 3.46. The molecular weight excluding hydrogens is 266 g/mol. The van der Waals surface area contributed by atoms with E-state index >= 15 is 0 Å². The van der Waals surface area contributed by atoms with Crippen molar-refractivity contribution in [1.82, 2.24) is 14.7 Å². The maximum Gasteiger partial charge on any atom is 0.269 e.